The van der Waals surface area contributed by atoms with Crippen molar-refractivity contribution < 1.29 is 22.7 Å². The van der Waals surface area contributed by atoms with Gasteiger partial charge in [0.15, 0.2) is 0 Å². The minimum Gasteiger partial charge on any atom is -0.354 e. The maximum absolute atomic E-state index is 13.3. The molecule has 0 radical (unpaired) electrons. The Labute approximate surface area is 211 Å². The monoisotopic (exact) mass is 509 g/mol. The Morgan fingerprint density at radius 3 is 2.61 bits per heavy atom. The van der Waals surface area contributed by atoms with Gasteiger partial charge < -0.3 is 15.4 Å². The van der Waals surface area contributed by atoms with E-state index in [1.165, 1.54) is 28.1 Å². The van der Waals surface area contributed by atoms with E-state index in [0.717, 1.165) is 24.8 Å². The third-order valence-electron chi connectivity index (χ3n) is 7.43. The van der Waals surface area contributed by atoms with Gasteiger partial charge in [-0.3, -0.25) is 9.59 Å². The van der Waals surface area contributed by atoms with Gasteiger partial charge in [-0.15, -0.1) is 0 Å². The van der Waals surface area contributed by atoms with E-state index >= 15 is 0 Å². The number of hydrogen-bond acceptors (Lipinski definition) is 5. The summed E-state index contributed by atoms with van der Waals surface area (Å²) < 4.78 is 33.9. The number of nitrogens with zero attached hydrogens (tertiary/aromatic N) is 1. The second-order valence-electron chi connectivity index (χ2n) is 9.66. The summed E-state index contributed by atoms with van der Waals surface area (Å²) in [6.45, 7) is 4.07. The number of fused-ring (bicyclic) bond motifs is 2. The number of carbonyl (C=O) groups excluding carboxylic acids is 2. The summed E-state index contributed by atoms with van der Waals surface area (Å²) in [7, 11) is -3.74. The van der Waals surface area contributed by atoms with Crippen molar-refractivity contribution >= 4 is 21.8 Å². The molecular weight excluding hydrogens is 478 g/mol. The number of nitrogens with one attached hydrogen (secondary N) is 2. The highest BCUT2D eigenvalue weighted by Crippen LogP contribution is 2.34. The van der Waals surface area contributed by atoms with Crippen molar-refractivity contribution in [3.05, 3.63) is 77.9 Å². The topological polar surface area (TPSA) is 105 Å². The van der Waals surface area contributed by atoms with E-state index in [0.29, 0.717) is 24.9 Å². The molecule has 4 unspecified atom stereocenters. The Kier molecular flexibility index (Phi) is 6.96. The van der Waals surface area contributed by atoms with Gasteiger partial charge in [-0.1, -0.05) is 30.8 Å². The number of sulfonamides is 1. The fourth-order valence-corrected chi connectivity index (χ4v) is 6.97. The van der Waals surface area contributed by atoms with Gasteiger partial charge in [0.25, 0.3) is 5.91 Å². The first-order valence-electron chi connectivity index (χ1n) is 12.4. The van der Waals surface area contributed by atoms with Crippen LogP contribution in [-0.4, -0.2) is 50.0 Å². The molecule has 0 saturated carbocycles. The normalized spacial score (nSPS) is 25.9. The first kappa shape index (κ1) is 24.7. The number of rotatable bonds is 6. The SMILES string of the molecule is C=CC(=O)NC1CC2CCN(S(=O)(=O)c3ccc(C(=O)NC4CCCc5ccccc54)cc3)CC2O1. The Bertz CT molecular complexity index is 1260. The van der Waals surface area contributed by atoms with Gasteiger partial charge in [0.05, 0.1) is 17.0 Å². The third-order valence-corrected chi connectivity index (χ3v) is 9.31. The number of piperidine rings is 1. The van der Waals surface area contributed by atoms with Crippen LogP contribution in [0.3, 0.4) is 0 Å². The van der Waals surface area contributed by atoms with E-state index in [4.69, 9.17) is 4.74 Å². The van der Waals surface area contributed by atoms with E-state index < -0.39 is 16.3 Å². The molecule has 190 valence electrons. The Morgan fingerprint density at radius 2 is 1.83 bits per heavy atom. The molecule has 3 aliphatic rings. The van der Waals surface area contributed by atoms with Gasteiger partial charge in [0, 0.05) is 18.7 Å². The predicted octanol–water partition coefficient (Wildman–Crippen LogP) is 2.92. The molecule has 36 heavy (non-hydrogen) atoms. The Balaban J connectivity index is 1.23. The van der Waals surface area contributed by atoms with Crippen molar-refractivity contribution in [2.45, 2.75) is 55.4 Å². The first-order valence-corrected chi connectivity index (χ1v) is 13.9. The van der Waals surface area contributed by atoms with Crippen LogP contribution < -0.4 is 10.6 Å². The highest BCUT2D eigenvalue weighted by molar-refractivity contribution is 7.89. The van der Waals surface area contributed by atoms with Gasteiger partial charge in [-0.05, 0) is 79.5 Å². The quantitative estimate of drug-likeness (QED) is 0.583. The summed E-state index contributed by atoms with van der Waals surface area (Å²) in [6, 6.07) is 14.2. The van der Waals surface area contributed by atoms with Gasteiger partial charge >= 0.3 is 0 Å². The molecule has 8 nitrogen and oxygen atoms in total. The standard InChI is InChI=1S/C27H31N3O5S/c1-2-25(31)29-26-16-20-14-15-30(17-24(20)35-26)36(33,34)21-12-10-19(11-13-21)27(32)28-23-9-5-7-18-6-3-4-8-22(18)23/h2-4,6,8,10-13,20,23-24,26H,1,5,7,9,14-17H2,(H,28,32)(H,29,31). The Hall–Kier alpha value is -3.01. The maximum atomic E-state index is 13.3. The minimum absolute atomic E-state index is 0.0429. The summed E-state index contributed by atoms with van der Waals surface area (Å²) in [5, 5.41) is 5.85. The first-order chi connectivity index (χ1) is 17.3. The summed E-state index contributed by atoms with van der Waals surface area (Å²) in [5.74, 6) is -0.323. The van der Waals surface area contributed by atoms with Crippen LogP contribution in [0.25, 0.3) is 0 Å². The van der Waals surface area contributed by atoms with Gasteiger partial charge in [0.2, 0.25) is 15.9 Å². The van der Waals surface area contributed by atoms with Crippen molar-refractivity contribution in [2.24, 2.45) is 5.92 Å². The summed E-state index contributed by atoms with van der Waals surface area (Å²) in [5.41, 5.74) is 2.84. The van der Waals surface area contributed by atoms with E-state index in [2.05, 4.69) is 29.3 Å². The van der Waals surface area contributed by atoms with Crippen molar-refractivity contribution in [1.29, 1.82) is 0 Å². The second-order valence-corrected chi connectivity index (χ2v) is 11.6. The molecule has 1 aliphatic carbocycles. The van der Waals surface area contributed by atoms with Crippen molar-refractivity contribution in [1.82, 2.24) is 14.9 Å². The lowest BCUT2D eigenvalue weighted by atomic mass is 9.87. The number of ether oxygens (including phenoxy) is 1. The third kappa shape index (κ3) is 4.96. The number of aryl methyl sites for hydroxylation is 1. The van der Waals surface area contributed by atoms with Gasteiger partial charge in [-0.25, -0.2) is 8.42 Å². The average molecular weight is 510 g/mol. The van der Waals surface area contributed by atoms with Gasteiger partial charge in [0.1, 0.15) is 6.23 Å². The van der Waals surface area contributed by atoms with Crippen LogP contribution in [0.2, 0.25) is 0 Å². The number of carbonyl (C=O) groups is 2. The van der Waals surface area contributed by atoms with Crippen molar-refractivity contribution in [3.8, 4) is 0 Å². The second kappa shape index (κ2) is 10.2. The number of amides is 2. The van der Waals surface area contributed by atoms with Crippen LogP contribution in [0.4, 0.5) is 0 Å². The molecule has 0 aromatic heterocycles. The van der Waals surface area contributed by atoms with E-state index in [1.807, 2.05) is 12.1 Å². The van der Waals surface area contributed by atoms with E-state index in [-0.39, 0.29) is 41.3 Å². The fourth-order valence-electron chi connectivity index (χ4n) is 5.50. The molecule has 2 aliphatic heterocycles. The van der Waals surface area contributed by atoms with E-state index in [9.17, 15) is 18.0 Å². The molecule has 9 heteroatoms. The van der Waals surface area contributed by atoms with E-state index in [1.54, 1.807) is 12.1 Å². The predicted molar refractivity (Wildman–Crippen MR) is 135 cm³/mol. The average Bonchev–Trinajstić information content (AvgIpc) is 3.30. The molecule has 2 aromatic carbocycles. The van der Waals surface area contributed by atoms with Crippen molar-refractivity contribution in [3.63, 3.8) is 0 Å². The molecule has 5 rings (SSSR count). The summed E-state index contributed by atoms with van der Waals surface area (Å²) >= 11 is 0. The van der Waals surface area contributed by atoms with Crippen LogP contribution in [0, 0.1) is 5.92 Å². The molecule has 2 saturated heterocycles. The summed E-state index contributed by atoms with van der Waals surface area (Å²) in [6.07, 6.45) is 4.73. The van der Waals surface area contributed by atoms with Crippen molar-refractivity contribution in [2.75, 3.05) is 13.1 Å². The molecule has 2 heterocycles. The van der Waals surface area contributed by atoms with Gasteiger partial charge in [-0.2, -0.15) is 4.31 Å². The molecule has 2 N–H and O–H groups in total. The molecule has 4 atom stereocenters. The lowest BCUT2D eigenvalue weighted by Gasteiger charge is -2.33. The van der Waals surface area contributed by atoms with Crippen LogP contribution >= 0.6 is 0 Å². The smallest absolute Gasteiger partial charge is 0.251 e. The zero-order chi connectivity index (χ0) is 25.3. The zero-order valence-corrected chi connectivity index (χ0v) is 20.9. The lowest BCUT2D eigenvalue weighted by Crippen LogP contribution is -2.45. The maximum Gasteiger partial charge on any atom is 0.251 e. The molecule has 2 fully saturated rings. The number of hydrogen-bond donors (Lipinski definition) is 2. The van der Waals surface area contributed by atoms with Crippen LogP contribution in [0.15, 0.2) is 66.1 Å². The van der Waals surface area contributed by atoms with Crippen LogP contribution in [-0.2, 0) is 26.0 Å². The highest BCUT2D eigenvalue weighted by atomic mass is 32.2. The minimum atomic E-state index is -3.74. The molecule has 0 bridgehead atoms. The van der Waals surface area contributed by atoms with Crippen LogP contribution in [0.1, 0.15) is 53.2 Å². The number of benzene rings is 2. The van der Waals surface area contributed by atoms with Crippen LogP contribution in [0.5, 0.6) is 0 Å². The Morgan fingerprint density at radius 1 is 1.06 bits per heavy atom. The molecule has 0 spiro atoms. The lowest BCUT2D eigenvalue weighted by molar-refractivity contribution is -0.120. The molecular formula is C27H31N3O5S. The summed E-state index contributed by atoms with van der Waals surface area (Å²) in [4.78, 5) is 24.6. The highest BCUT2D eigenvalue weighted by Gasteiger charge is 2.42. The fraction of sp³-hybridized carbons (Fsp3) is 0.407. The zero-order valence-electron chi connectivity index (χ0n) is 20.1. The molecule has 2 amide bonds. The largest absolute Gasteiger partial charge is 0.354 e. The molecule has 2 aromatic rings.